The van der Waals surface area contributed by atoms with Crippen LogP contribution in [0.25, 0.3) is 0 Å². The molecule has 0 spiro atoms. The van der Waals surface area contributed by atoms with Gasteiger partial charge < -0.3 is 4.90 Å². The van der Waals surface area contributed by atoms with Gasteiger partial charge in [-0.15, -0.1) is 0 Å². The topological polar surface area (TPSA) is 84.3 Å². The Labute approximate surface area is 138 Å². The largest absolute Gasteiger partial charge is 0.335 e. The van der Waals surface area contributed by atoms with Crippen LogP contribution in [0.5, 0.6) is 0 Å². The van der Waals surface area contributed by atoms with Gasteiger partial charge in [0.2, 0.25) is 10.0 Å². The molecule has 7 nitrogen and oxygen atoms in total. The van der Waals surface area contributed by atoms with Gasteiger partial charge in [0.1, 0.15) is 0 Å². The molecule has 0 bridgehead atoms. The molecular formula is C15H26N4O3S. The van der Waals surface area contributed by atoms with E-state index in [0.29, 0.717) is 18.8 Å². The second-order valence-corrected chi connectivity index (χ2v) is 8.02. The average molecular weight is 342 g/mol. The number of nitrogens with one attached hydrogen (secondary N) is 1. The van der Waals surface area contributed by atoms with Crippen LogP contribution in [0, 0.1) is 12.8 Å². The summed E-state index contributed by atoms with van der Waals surface area (Å²) in [5, 5.41) is 4.33. The zero-order valence-corrected chi connectivity index (χ0v) is 15.1. The molecule has 2 heterocycles. The third-order valence-corrected chi connectivity index (χ3v) is 4.98. The lowest BCUT2D eigenvalue weighted by molar-refractivity contribution is 0.0778. The quantitative estimate of drug-likeness (QED) is 0.836. The number of likely N-dealkylation sites (tertiary alicyclic amines) is 1. The Morgan fingerprint density at radius 2 is 2.09 bits per heavy atom. The predicted molar refractivity (Wildman–Crippen MR) is 88.7 cm³/mol. The number of hydrogen-bond donors (Lipinski definition) is 1. The molecule has 8 heteroatoms. The third kappa shape index (κ3) is 4.32. The van der Waals surface area contributed by atoms with Crippen LogP contribution in [0.15, 0.2) is 6.07 Å². The van der Waals surface area contributed by atoms with E-state index < -0.39 is 10.0 Å². The van der Waals surface area contributed by atoms with Crippen LogP contribution >= 0.6 is 0 Å². The van der Waals surface area contributed by atoms with Crippen LogP contribution in [0.2, 0.25) is 0 Å². The molecule has 0 saturated carbocycles. The Kier molecular flexibility index (Phi) is 5.46. The number of sulfonamides is 1. The van der Waals surface area contributed by atoms with Crippen molar-refractivity contribution in [1.82, 2.24) is 19.4 Å². The van der Waals surface area contributed by atoms with E-state index in [9.17, 15) is 13.2 Å². The average Bonchev–Trinajstić information content (AvgIpc) is 3.01. The summed E-state index contributed by atoms with van der Waals surface area (Å²) in [6, 6.07) is 1.57. The van der Waals surface area contributed by atoms with Crippen LogP contribution < -0.4 is 4.72 Å². The van der Waals surface area contributed by atoms with Crippen LogP contribution in [0.1, 0.15) is 42.9 Å². The minimum absolute atomic E-state index is 0.126. The Bertz CT molecular complexity index is 668. The molecule has 0 aromatic carbocycles. The highest BCUT2D eigenvalue weighted by atomic mass is 32.2. The lowest BCUT2D eigenvalue weighted by Crippen LogP contribution is -2.40. The molecule has 1 saturated heterocycles. The number of rotatable bonds is 6. The number of aromatic nitrogens is 2. The fourth-order valence-electron chi connectivity index (χ4n) is 3.21. The first-order valence-corrected chi connectivity index (χ1v) is 9.95. The van der Waals surface area contributed by atoms with E-state index in [-0.39, 0.29) is 17.9 Å². The highest BCUT2D eigenvalue weighted by Gasteiger charge is 2.37. The van der Waals surface area contributed by atoms with Gasteiger partial charge in [-0.2, -0.15) is 5.10 Å². The van der Waals surface area contributed by atoms with E-state index in [1.54, 1.807) is 15.6 Å². The second kappa shape index (κ2) is 7.00. The molecule has 130 valence electrons. The molecule has 1 N–H and O–H groups in total. The molecule has 1 aromatic heterocycles. The fourth-order valence-corrected chi connectivity index (χ4v) is 4.02. The van der Waals surface area contributed by atoms with Gasteiger partial charge in [-0.1, -0.05) is 13.3 Å². The summed E-state index contributed by atoms with van der Waals surface area (Å²) in [6.45, 7) is 7.65. The van der Waals surface area contributed by atoms with Gasteiger partial charge in [0.25, 0.3) is 5.91 Å². The van der Waals surface area contributed by atoms with Gasteiger partial charge in [-0.05, 0) is 32.3 Å². The second-order valence-electron chi connectivity index (χ2n) is 6.24. The number of carbonyl (C=O) groups is 1. The van der Waals surface area contributed by atoms with Crippen molar-refractivity contribution in [2.24, 2.45) is 5.92 Å². The van der Waals surface area contributed by atoms with E-state index in [4.69, 9.17) is 0 Å². The van der Waals surface area contributed by atoms with E-state index in [2.05, 4.69) is 16.7 Å². The van der Waals surface area contributed by atoms with Crippen molar-refractivity contribution < 1.29 is 13.2 Å². The lowest BCUT2D eigenvalue weighted by Gasteiger charge is -2.17. The van der Waals surface area contributed by atoms with Crippen molar-refractivity contribution in [3.8, 4) is 0 Å². The van der Waals surface area contributed by atoms with Gasteiger partial charge in [0.15, 0.2) is 5.69 Å². The molecule has 0 aliphatic carbocycles. The molecule has 23 heavy (non-hydrogen) atoms. The van der Waals surface area contributed by atoms with E-state index in [0.717, 1.165) is 31.3 Å². The smallest absolute Gasteiger partial charge is 0.274 e. The van der Waals surface area contributed by atoms with Crippen LogP contribution in [0.3, 0.4) is 0 Å². The van der Waals surface area contributed by atoms with Crippen molar-refractivity contribution in [1.29, 1.82) is 0 Å². The summed E-state index contributed by atoms with van der Waals surface area (Å²) < 4.78 is 27.5. The first-order chi connectivity index (χ1) is 10.7. The molecule has 0 unspecified atom stereocenters. The van der Waals surface area contributed by atoms with Gasteiger partial charge in [0, 0.05) is 31.4 Å². The first-order valence-electron chi connectivity index (χ1n) is 8.06. The molecule has 2 rings (SSSR count). The Hall–Kier alpha value is -1.41. The molecular weight excluding hydrogens is 316 g/mol. The van der Waals surface area contributed by atoms with Gasteiger partial charge in [0.05, 0.1) is 6.26 Å². The lowest BCUT2D eigenvalue weighted by atomic mass is 9.99. The predicted octanol–water partition coefficient (Wildman–Crippen LogP) is 1.00. The number of hydrogen-bond acceptors (Lipinski definition) is 4. The maximum atomic E-state index is 12.7. The maximum Gasteiger partial charge on any atom is 0.274 e. The van der Waals surface area contributed by atoms with Crippen LogP contribution in [0.4, 0.5) is 0 Å². The number of aryl methyl sites for hydroxylation is 2. The zero-order chi connectivity index (χ0) is 17.2. The minimum Gasteiger partial charge on any atom is -0.335 e. The molecule has 1 amide bonds. The summed E-state index contributed by atoms with van der Waals surface area (Å²) in [4.78, 5) is 14.4. The van der Waals surface area contributed by atoms with Gasteiger partial charge >= 0.3 is 0 Å². The Balaban J connectivity index is 2.14. The summed E-state index contributed by atoms with van der Waals surface area (Å²) in [5.74, 6) is 0.0206. The van der Waals surface area contributed by atoms with Crippen LogP contribution in [-0.4, -0.2) is 54.4 Å². The molecule has 1 aliphatic heterocycles. The van der Waals surface area contributed by atoms with Crippen molar-refractivity contribution in [2.45, 2.75) is 46.2 Å². The third-order valence-electron chi connectivity index (χ3n) is 4.25. The normalized spacial score (nSPS) is 21.8. The van der Waals surface area contributed by atoms with Crippen molar-refractivity contribution in [3.05, 3.63) is 17.5 Å². The summed E-state index contributed by atoms with van der Waals surface area (Å²) in [6.07, 6.45) is 3.00. The van der Waals surface area contributed by atoms with Crippen molar-refractivity contribution in [2.75, 3.05) is 19.3 Å². The fraction of sp³-hybridized carbons (Fsp3) is 0.733. The molecule has 1 aromatic rings. The van der Waals surface area contributed by atoms with Crippen molar-refractivity contribution >= 4 is 15.9 Å². The highest BCUT2D eigenvalue weighted by Crippen LogP contribution is 2.24. The molecule has 1 aliphatic rings. The maximum absolute atomic E-state index is 12.7. The molecule has 1 fully saturated rings. The molecule has 0 radical (unpaired) electrons. The SMILES string of the molecule is CCC[C@H]1CN(C(=O)c2cc(C)n(CC)n2)C[C@@H]1NS(C)(=O)=O. The van der Waals surface area contributed by atoms with E-state index in [1.165, 1.54) is 0 Å². The number of nitrogens with zero attached hydrogens (tertiary/aromatic N) is 3. The highest BCUT2D eigenvalue weighted by molar-refractivity contribution is 7.88. The van der Waals surface area contributed by atoms with E-state index in [1.807, 2.05) is 13.8 Å². The van der Waals surface area contributed by atoms with Crippen LogP contribution in [-0.2, 0) is 16.6 Å². The standard InChI is InChI=1S/C15H26N4O3S/c1-5-7-12-9-18(10-14(12)17-23(4,21)22)15(20)13-8-11(3)19(6-2)16-13/h8,12,14,17H,5-7,9-10H2,1-4H3/t12-,14-/m0/s1. The van der Waals surface area contributed by atoms with Gasteiger partial charge in [-0.25, -0.2) is 13.1 Å². The number of amides is 1. The zero-order valence-electron chi connectivity index (χ0n) is 14.2. The minimum atomic E-state index is -3.29. The number of carbonyl (C=O) groups excluding carboxylic acids is 1. The Morgan fingerprint density at radius 1 is 1.39 bits per heavy atom. The summed E-state index contributed by atoms with van der Waals surface area (Å²) in [7, 11) is -3.29. The summed E-state index contributed by atoms with van der Waals surface area (Å²) >= 11 is 0. The molecule has 2 atom stereocenters. The van der Waals surface area contributed by atoms with E-state index >= 15 is 0 Å². The van der Waals surface area contributed by atoms with Crippen molar-refractivity contribution in [3.63, 3.8) is 0 Å². The Morgan fingerprint density at radius 3 is 2.61 bits per heavy atom. The van der Waals surface area contributed by atoms with Gasteiger partial charge in [-0.3, -0.25) is 9.48 Å². The monoisotopic (exact) mass is 342 g/mol. The first kappa shape index (κ1) is 17.9. The summed E-state index contributed by atoms with van der Waals surface area (Å²) in [5.41, 5.74) is 1.38.